The fraction of sp³-hybridized carbons (Fsp3) is 0.400. The second-order valence-electron chi connectivity index (χ2n) is 2.68. The molecule has 72 valence electrons. The van der Waals surface area contributed by atoms with E-state index in [1.54, 1.807) is 12.4 Å². The number of nitrogens with zero attached hydrogens (tertiary/aromatic N) is 1. The predicted molar refractivity (Wildman–Crippen MR) is 51.1 cm³/mol. The van der Waals surface area contributed by atoms with Gasteiger partial charge in [0.25, 0.3) is 0 Å². The van der Waals surface area contributed by atoms with Crippen molar-refractivity contribution in [3.63, 3.8) is 0 Å². The van der Waals surface area contributed by atoms with E-state index in [1.807, 2.05) is 32.0 Å². The highest BCUT2D eigenvalue weighted by Gasteiger charge is 1.93. The van der Waals surface area contributed by atoms with Gasteiger partial charge in [-0.2, -0.15) is 0 Å². The first-order valence-corrected chi connectivity index (χ1v) is 4.15. The fourth-order valence-corrected chi connectivity index (χ4v) is 0.645. The molecular formula is C10H15NO2. The minimum atomic E-state index is -0.213. The van der Waals surface area contributed by atoms with Gasteiger partial charge in [-0.1, -0.05) is 6.07 Å². The first-order valence-electron chi connectivity index (χ1n) is 4.15. The molecule has 0 aliphatic carbocycles. The van der Waals surface area contributed by atoms with E-state index in [2.05, 4.69) is 9.72 Å². The highest BCUT2D eigenvalue weighted by Crippen LogP contribution is 1.85. The summed E-state index contributed by atoms with van der Waals surface area (Å²) in [5.74, 6) is -0.213. The van der Waals surface area contributed by atoms with E-state index >= 15 is 0 Å². The minimum absolute atomic E-state index is 0.0255. The van der Waals surface area contributed by atoms with Crippen LogP contribution in [0, 0.1) is 0 Å². The Kier molecular flexibility index (Phi) is 6.51. The Morgan fingerprint density at radius 3 is 1.85 bits per heavy atom. The largest absolute Gasteiger partial charge is 0.463 e. The van der Waals surface area contributed by atoms with Crippen LogP contribution in [0.2, 0.25) is 0 Å². The minimum Gasteiger partial charge on any atom is -0.463 e. The Hall–Kier alpha value is -1.38. The molecule has 1 heterocycles. The van der Waals surface area contributed by atoms with Gasteiger partial charge in [-0.05, 0) is 26.0 Å². The molecule has 0 spiro atoms. The molecule has 0 bridgehead atoms. The smallest absolute Gasteiger partial charge is 0.302 e. The summed E-state index contributed by atoms with van der Waals surface area (Å²) in [6, 6.07) is 5.72. The van der Waals surface area contributed by atoms with Crippen molar-refractivity contribution in [2.75, 3.05) is 0 Å². The summed E-state index contributed by atoms with van der Waals surface area (Å²) in [7, 11) is 0. The maximum atomic E-state index is 10.0. The monoisotopic (exact) mass is 181 g/mol. The first-order chi connectivity index (χ1) is 6.13. The van der Waals surface area contributed by atoms with Crippen molar-refractivity contribution in [3.05, 3.63) is 30.6 Å². The number of carbonyl (C=O) groups is 1. The third-order valence-corrected chi connectivity index (χ3v) is 0.968. The van der Waals surface area contributed by atoms with Crippen LogP contribution in [0.3, 0.4) is 0 Å². The molecule has 1 aromatic heterocycles. The first kappa shape index (κ1) is 11.6. The van der Waals surface area contributed by atoms with Gasteiger partial charge in [0.1, 0.15) is 0 Å². The lowest BCUT2D eigenvalue weighted by atomic mass is 10.5. The zero-order valence-corrected chi connectivity index (χ0v) is 8.23. The van der Waals surface area contributed by atoms with Crippen LogP contribution in [-0.2, 0) is 9.53 Å². The Bertz CT molecular complexity index is 195. The highest BCUT2D eigenvalue weighted by atomic mass is 16.5. The Labute approximate surface area is 78.8 Å². The van der Waals surface area contributed by atoms with E-state index in [4.69, 9.17) is 0 Å². The van der Waals surface area contributed by atoms with Crippen molar-refractivity contribution in [2.24, 2.45) is 0 Å². The van der Waals surface area contributed by atoms with Gasteiger partial charge in [-0.3, -0.25) is 9.78 Å². The molecule has 0 unspecified atom stereocenters. The van der Waals surface area contributed by atoms with E-state index in [0.29, 0.717) is 0 Å². The lowest BCUT2D eigenvalue weighted by Gasteiger charge is -2.01. The molecule has 0 aliphatic heterocycles. The van der Waals surface area contributed by atoms with Crippen molar-refractivity contribution >= 4 is 5.97 Å². The lowest BCUT2D eigenvalue weighted by Crippen LogP contribution is -2.06. The average Bonchev–Trinajstić information content (AvgIpc) is 2.06. The summed E-state index contributed by atoms with van der Waals surface area (Å²) >= 11 is 0. The molecule has 0 atom stereocenters. The van der Waals surface area contributed by atoms with Gasteiger partial charge in [0, 0.05) is 19.3 Å². The summed E-state index contributed by atoms with van der Waals surface area (Å²) < 4.78 is 4.61. The van der Waals surface area contributed by atoms with Crippen LogP contribution in [-0.4, -0.2) is 17.1 Å². The quantitative estimate of drug-likeness (QED) is 0.622. The van der Waals surface area contributed by atoms with E-state index in [-0.39, 0.29) is 12.1 Å². The van der Waals surface area contributed by atoms with Crippen LogP contribution in [0.15, 0.2) is 30.6 Å². The standard InChI is InChI=1S/C5H5N.C5H10O2/c1-2-4-6-5-3-1;1-4(2)7-5(3)6/h1-5H;4H,1-3H3. The summed E-state index contributed by atoms with van der Waals surface area (Å²) in [6.07, 6.45) is 3.53. The Morgan fingerprint density at radius 1 is 1.23 bits per heavy atom. The molecule has 0 saturated carbocycles. The molecule has 1 aromatic rings. The number of pyridine rings is 1. The summed E-state index contributed by atoms with van der Waals surface area (Å²) in [6.45, 7) is 5.04. The second kappa shape index (κ2) is 7.28. The average molecular weight is 181 g/mol. The number of hydrogen-bond donors (Lipinski definition) is 0. The fourth-order valence-electron chi connectivity index (χ4n) is 0.645. The zero-order valence-electron chi connectivity index (χ0n) is 8.23. The molecule has 0 radical (unpaired) electrons. The summed E-state index contributed by atoms with van der Waals surface area (Å²) in [5.41, 5.74) is 0. The van der Waals surface area contributed by atoms with E-state index in [1.165, 1.54) is 6.92 Å². The van der Waals surface area contributed by atoms with E-state index < -0.39 is 0 Å². The predicted octanol–water partition coefficient (Wildman–Crippen LogP) is 2.04. The van der Waals surface area contributed by atoms with Crippen molar-refractivity contribution in [1.29, 1.82) is 0 Å². The Balaban J connectivity index is 0.000000223. The zero-order chi connectivity index (χ0) is 10.1. The van der Waals surface area contributed by atoms with Crippen LogP contribution < -0.4 is 0 Å². The van der Waals surface area contributed by atoms with Gasteiger partial charge >= 0.3 is 5.97 Å². The number of esters is 1. The highest BCUT2D eigenvalue weighted by molar-refractivity contribution is 5.66. The second-order valence-corrected chi connectivity index (χ2v) is 2.68. The Morgan fingerprint density at radius 2 is 1.77 bits per heavy atom. The number of aromatic nitrogens is 1. The molecule has 3 heteroatoms. The van der Waals surface area contributed by atoms with Crippen LogP contribution in [0.4, 0.5) is 0 Å². The SMILES string of the molecule is CC(=O)OC(C)C.c1ccncc1. The molecule has 3 nitrogen and oxygen atoms in total. The van der Waals surface area contributed by atoms with Crippen LogP contribution in [0.1, 0.15) is 20.8 Å². The molecule has 0 N–H and O–H groups in total. The van der Waals surface area contributed by atoms with Crippen molar-refractivity contribution in [1.82, 2.24) is 4.98 Å². The molecular weight excluding hydrogens is 166 g/mol. The van der Waals surface area contributed by atoms with Crippen LogP contribution >= 0.6 is 0 Å². The topological polar surface area (TPSA) is 39.2 Å². The molecule has 1 rings (SSSR count). The van der Waals surface area contributed by atoms with Crippen LogP contribution in [0.25, 0.3) is 0 Å². The van der Waals surface area contributed by atoms with Gasteiger partial charge in [-0.15, -0.1) is 0 Å². The third kappa shape index (κ3) is 10.6. The van der Waals surface area contributed by atoms with Gasteiger partial charge < -0.3 is 4.74 Å². The van der Waals surface area contributed by atoms with Crippen LogP contribution in [0.5, 0.6) is 0 Å². The summed E-state index contributed by atoms with van der Waals surface area (Å²) in [4.78, 5) is 13.8. The maximum absolute atomic E-state index is 10.0. The number of ether oxygens (including phenoxy) is 1. The normalized spacial score (nSPS) is 8.62. The van der Waals surface area contributed by atoms with E-state index in [0.717, 1.165) is 0 Å². The number of carbonyl (C=O) groups excluding carboxylic acids is 1. The molecule has 0 fully saturated rings. The van der Waals surface area contributed by atoms with Crippen molar-refractivity contribution in [2.45, 2.75) is 26.9 Å². The molecule has 13 heavy (non-hydrogen) atoms. The molecule has 0 amide bonds. The third-order valence-electron chi connectivity index (χ3n) is 0.968. The van der Waals surface area contributed by atoms with Gasteiger partial charge in [0.05, 0.1) is 6.10 Å². The summed E-state index contributed by atoms with van der Waals surface area (Å²) in [5, 5.41) is 0. The molecule has 0 saturated heterocycles. The lowest BCUT2D eigenvalue weighted by molar-refractivity contribution is -0.144. The van der Waals surface area contributed by atoms with Crippen molar-refractivity contribution in [3.8, 4) is 0 Å². The number of rotatable bonds is 1. The maximum Gasteiger partial charge on any atom is 0.302 e. The number of hydrogen-bond acceptors (Lipinski definition) is 3. The molecule has 0 aromatic carbocycles. The van der Waals surface area contributed by atoms with Gasteiger partial charge in [0.2, 0.25) is 0 Å². The van der Waals surface area contributed by atoms with Gasteiger partial charge in [0.15, 0.2) is 0 Å². The van der Waals surface area contributed by atoms with Gasteiger partial charge in [-0.25, -0.2) is 0 Å². The van der Waals surface area contributed by atoms with E-state index in [9.17, 15) is 4.79 Å². The van der Waals surface area contributed by atoms with Crippen molar-refractivity contribution < 1.29 is 9.53 Å². The molecule has 0 aliphatic rings.